The number of fused-ring (bicyclic) bond motifs is 2. The summed E-state index contributed by atoms with van der Waals surface area (Å²) >= 11 is 0. The molecule has 1 saturated heterocycles. The van der Waals surface area contributed by atoms with E-state index in [1.54, 1.807) is 11.1 Å². The summed E-state index contributed by atoms with van der Waals surface area (Å²) in [7, 11) is 1.38. The van der Waals surface area contributed by atoms with Gasteiger partial charge in [0.2, 0.25) is 0 Å². The summed E-state index contributed by atoms with van der Waals surface area (Å²) in [6, 6.07) is 11.4. The Morgan fingerprint density at radius 1 is 1.30 bits per heavy atom. The van der Waals surface area contributed by atoms with Crippen molar-refractivity contribution in [2.24, 2.45) is 0 Å². The third-order valence-electron chi connectivity index (χ3n) is 5.74. The zero-order valence-corrected chi connectivity index (χ0v) is 15.6. The van der Waals surface area contributed by atoms with Gasteiger partial charge in [-0.2, -0.15) is 0 Å². The maximum Gasteiger partial charge on any atom is 0.331 e. The Balaban J connectivity index is 1.58. The molecule has 140 valence electrons. The Bertz CT molecular complexity index is 879. The second kappa shape index (κ2) is 6.68. The molecule has 4 rings (SSSR count). The van der Waals surface area contributed by atoms with Gasteiger partial charge < -0.3 is 15.0 Å². The molecule has 2 aliphatic rings. The predicted octanol–water partition coefficient (Wildman–Crippen LogP) is 3.76. The minimum Gasteiger partial charge on any atom is -0.467 e. The van der Waals surface area contributed by atoms with E-state index < -0.39 is 5.54 Å². The number of esters is 1. The fourth-order valence-corrected chi connectivity index (χ4v) is 4.42. The van der Waals surface area contributed by atoms with Crippen LogP contribution in [0.25, 0.3) is 11.3 Å². The average Bonchev–Trinajstić information content (AvgIpc) is 2.69. The molecular formula is C21H23N3O3. The molecule has 6 heteroatoms. The smallest absolute Gasteiger partial charge is 0.331 e. The number of hydrogen-bond donors (Lipinski definition) is 1. The van der Waals surface area contributed by atoms with Crippen LogP contribution in [-0.2, 0) is 9.53 Å². The third kappa shape index (κ3) is 2.85. The molecule has 1 unspecified atom stereocenters. The van der Waals surface area contributed by atoms with Crippen molar-refractivity contribution >= 4 is 17.7 Å². The van der Waals surface area contributed by atoms with Crippen molar-refractivity contribution in [3.8, 4) is 11.3 Å². The molecule has 0 spiro atoms. The van der Waals surface area contributed by atoms with Crippen molar-refractivity contribution in [1.82, 2.24) is 9.88 Å². The van der Waals surface area contributed by atoms with E-state index in [0.717, 1.165) is 29.7 Å². The Kier molecular flexibility index (Phi) is 4.34. The molecule has 1 aliphatic heterocycles. The number of aromatic nitrogens is 1. The molecule has 1 aliphatic carbocycles. The summed E-state index contributed by atoms with van der Waals surface area (Å²) in [5.74, 6) is -0.313. The molecule has 2 fully saturated rings. The first-order chi connectivity index (χ1) is 13.0. The lowest BCUT2D eigenvalue weighted by atomic mass is 9.68. The maximum atomic E-state index is 13.0. The van der Waals surface area contributed by atoms with Gasteiger partial charge in [-0.05, 0) is 56.0 Å². The zero-order valence-electron chi connectivity index (χ0n) is 15.6. The number of carbonyl (C=O) groups excluding carboxylic acids is 2. The van der Waals surface area contributed by atoms with Gasteiger partial charge in [-0.15, -0.1) is 0 Å². The summed E-state index contributed by atoms with van der Waals surface area (Å²) in [5.41, 5.74) is 2.81. The third-order valence-corrected chi connectivity index (χ3v) is 5.74. The number of nitrogens with one attached hydrogen (secondary N) is 1. The van der Waals surface area contributed by atoms with Gasteiger partial charge in [0.05, 0.1) is 12.8 Å². The summed E-state index contributed by atoms with van der Waals surface area (Å²) in [4.78, 5) is 31.4. The second-order valence-electron chi connectivity index (χ2n) is 7.32. The average molecular weight is 365 g/mol. The minimum atomic E-state index is -0.795. The number of anilines is 1. The molecule has 1 aromatic heterocycles. The highest BCUT2D eigenvalue weighted by Gasteiger charge is 2.61. The quantitative estimate of drug-likeness (QED) is 0.841. The monoisotopic (exact) mass is 365 g/mol. The van der Waals surface area contributed by atoms with Gasteiger partial charge in [-0.3, -0.25) is 4.98 Å². The van der Waals surface area contributed by atoms with Gasteiger partial charge in [-0.1, -0.05) is 12.1 Å². The number of carbonyl (C=O) groups is 2. The van der Waals surface area contributed by atoms with Crippen molar-refractivity contribution in [3.63, 3.8) is 0 Å². The fraction of sp³-hybridized carbons (Fsp3) is 0.381. The van der Waals surface area contributed by atoms with E-state index in [1.807, 2.05) is 43.3 Å². The molecule has 1 aromatic carbocycles. The number of aryl methyl sites for hydroxylation is 1. The van der Waals surface area contributed by atoms with E-state index in [4.69, 9.17) is 4.74 Å². The molecule has 27 heavy (non-hydrogen) atoms. The Morgan fingerprint density at radius 3 is 2.85 bits per heavy atom. The largest absolute Gasteiger partial charge is 0.467 e. The van der Waals surface area contributed by atoms with Crippen molar-refractivity contribution in [3.05, 3.63) is 48.2 Å². The molecule has 1 N–H and O–H groups in total. The van der Waals surface area contributed by atoms with Crippen LogP contribution in [0.3, 0.4) is 0 Å². The number of nitrogens with zero attached hydrogens (tertiary/aromatic N) is 2. The number of hydrogen-bond acceptors (Lipinski definition) is 4. The number of ether oxygens (including phenoxy) is 1. The van der Waals surface area contributed by atoms with Crippen LogP contribution in [0.1, 0.15) is 31.2 Å². The molecule has 2 heterocycles. The molecule has 2 aromatic rings. The molecule has 0 radical (unpaired) electrons. The first kappa shape index (κ1) is 17.5. The van der Waals surface area contributed by atoms with Crippen LogP contribution in [0.5, 0.6) is 0 Å². The summed E-state index contributed by atoms with van der Waals surface area (Å²) in [5, 5.41) is 2.97. The number of amides is 2. The highest BCUT2D eigenvalue weighted by atomic mass is 16.5. The lowest BCUT2D eigenvalue weighted by molar-refractivity contribution is -0.172. The Labute approximate surface area is 158 Å². The second-order valence-corrected chi connectivity index (χ2v) is 7.32. The van der Waals surface area contributed by atoms with E-state index >= 15 is 0 Å². The van der Waals surface area contributed by atoms with Gasteiger partial charge in [0.15, 0.2) is 0 Å². The van der Waals surface area contributed by atoms with E-state index in [-0.39, 0.29) is 18.0 Å². The predicted molar refractivity (Wildman–Crippen MR) is 102 cm³/mol. The van der Waals surface area contributed by atoms with Gasteiger partial charge in [0, 0.05) is 29.9 Å². The van der Waals surface area contributed by atoms with Crippen LogP contribution < -0.4 is 5.32 Å². The van der Waals surface area contributed by atoms with Crippen molar-refractivity contribution < 1.29 is 14.3 Å². The molecule has 2 amide bonds. The number of piperidine rings is 1. The standard InChI is InChI=1S/C21H23N3O3/c1-14-8-9-15(12-17(14)18-7-3-4-11-22-18)23-20(26)24-16-6-5-10-21(24,13-16)19(25)27-2/h3-4,7-9,11-12,16H,5-6,10,13H2,1-2H3,(H,23,26)/t16-,21?/m1/s1. The van der Waals surface area contributed by atoms with Crippen LogP contribution in [0.15, 0.2) is 42.6 Å². The fourth-order valence-electron chi connectivity index (χ4n) is 4.42. The van der Waals surface area contributed by atoms with Crippen molar-refractivity contribution in [2.45, 2.75) is 44.2 Å². The Hall–Kier alpha value is -2.89. The maximum absolute atomic E-state index is 13.0. The van der Waals surface area contributed by atoms with E-state index in [1.165, 1.54) is 7.11 Å². The number of benzene rings is 1. The van der Waals surface area contributed by atoms with Crippen molar-refractivity contribution in [2.75, 3.05) is 12.4 Å². The lowest BCUT2D eigenvalue weighted by Crippen LogP contribution is -2.74. The highest BCUT2D eigenvalue weighted by molar-refractivity contribution is 5.97. The number of pyridine rings is 1. The number of rotatable bonds is 3. The summed E-state index contributed by atoms with van der Waals surface area (Å²) in [6.07, 6.45) is 4.98. The zero-order chi connectivity index (χ0) is 19.0. The van der Waals surface area contributed by atoms with Crippen LogP contribution in [0.4, 0.5) is 10.5 Å². The Morgan fingerprint density at radius 2 is 2.15 bits per heavy atom. The van der Waals surface area contributed by atoms with Gasteiger partial charge in [-0.25, -0.2) is 9.59 Å². The number of urea groups is 1. The van der Waals surface area contributed by atoms with Crippen LogP contribution in [0, 0.1) is 6.92 Å². The first-order valence-corrected chi connectivity index (χ1v) is 9.26. The SMILES string of the molecule is COC(=O)C12CCC[C@H](C1)N2C(=O)Nc1ccc(C)c(-c2ccccn2)c1. The molecule has 2 bridgehead atoms. The van der Waals surface area contributed by atoms with Gasteiger partial charge in [0.25, 0.3) is 0 Å². The molecule has 1 saturated carbocycles. The van der Waals surface area contributed by atoms with Crippen LogP contribution in [0.2, 0.25) is 0 Å². The van der Waals surface area contributed by atoms with E-state index in [2.05, 4.69) is 10.3 Å². The van der Waals surface area contributed by atoms with Crippen LogP contribution in [-0.4, -0.2) is 40.6 Å². The molecule has 2 atom stereocenters. The van der Waals surface area contributed by atoms with Crippen LogP contribution >= 0.6 is 0 Å². The lowest BCUT2D eigenvalue weighted by Gasteiger charge is -2.59. The van der Waals surface area contributed by atoms with E-state index in [0.29, 0.717) is 18.5 Å². The first-order valence-electron chi connectivity index (χ1n) is 9.26. The highest BCUT2D eigenvalue weighted by Crippen LogP contribution is 2.48. The molecule has 6 nitrogen and oxygen atoms in total. The topological polar surface area (TPSA) is 71.5 Å². The number of likely N-dealkylation sites (tertiary alicyclic amines) is 1. The normalized spacial score (nSPS) is 23.3. The summed E-state index contributed by atoms with van der Waals surface area (Å²) < 4.78 is 4.99. The minimum absolute atomic E-state index is 0.110. The summed E-state index contributed by atoms with van der Waals surface area (Å²) in [6.45, 7) is 2.02. The van der Waals surface area contributed by atoms with Gasteiger partial charge in [0.1, 0.15) is 5.54 Å². The molecular weight excluding hydrogens is 342 g/mol. The van der Waals surface area contributed by atoms with E-state index in [9.17, 15) is 9.59 Å². The number of methoxy groups -OCH3 is 1. The van der Waals surface area contributed by atoms with Gasteiger partial charge >= 0.3 is 12.0 Å². The van der Waals surface area contributed by atoms with Crippen molar-refractivity contribution in [1.29, 1.82) is 0 Å².